The summed E-state index contributed by atoms with van der Waals surface area (Å²) in [5, 5.41) is 0. The molecule has 0 aromatic rings. The normalized spacial score (nSPS) is 36.2. The van der Waals surface area contributed by atoms with Gasteiger partial charge in [0.25, 0.3) is 0 Å². The zero-order chi connectivity index (χ0) is 17.4. The Morgan fingerprint density at radius 3 is 1.62 bits per heavy atom. The van der Waals surface area contributed by atoms with Crippen molar-refractivity contribution in [1.82, 2.24) is 0 Å². The van der Waals surface area contributed by atoms with E-state index in [-0.39, 0.29) is 11.9 Å². The molecule has 4 nitrogen and oxygen atoms in total. The molecule has 3 aliphatic rings. The van der Waals surface area contributed by atoms with Crippen LogP contribution in [0.1, 0.15) is 39.5 Å². The van der Waals surface area contributed by atoms with Gasteiger partial charge in [0, 0.05) is 23.0 Å². The highest BCUT2D eigenvalue weighted by atomic mass is 16.5. The number of ether oxygens (including phenoxy) is 2. The lowest BCUT2D eigenvalue weighted by Gasteiger charge is -2.37. The average Bonchev–Trinajstić information content (AvgIpc) is 3.20. The lowest BCUT2D eigenvalue weighted by atomic mass is 9.70. The monoisotopic (exact) mass is 332 g/mol. The quantitative estimate of drug-likeness (QED) is 0.551. The van der Waals surface area contributed by atoms with Crippen LogP contribution in [0.2, 0.25) is 0 Å². The Labute approximate surface area is 144 Å². The van der Waals surface area contributed by atoms with E-state index in [2.05, 4.69) is 13.2 Å². The molecule has 2 bridgehead atoms. The first-order chi connectivity index (χ1) is 11.4. The molecule has 0 aromatic heterocycles. The lowest BCUT2D eigenvalue weighted by molar-refractivity contribution is -0.147. The molecule has 0 amide bonds. The Balaban J connectivity index is 1.68. The van der Waals surface area contributed by atoms with Gasteiger partial charge in [-0.1, -0.05) is 19.6 Å². The largest absolute Gasteiger partial charge is 0.462 e. The zero-order valence-corrected chi connectivity index (χ0v) is 14.8. The molecule has 0 saturated heterocycles. The highest BCUT2D eigenvalue weighted by Crippen LogP contribution is 2.63. The summed E-state index contributed by atoms with van der Waals surface area (Å²) in [5.41, 5.74) is 0.865. The first-order valence-electron chi connectivity index (χ1n) is 9.05. The molecular formula is C20H28O4. The van der Waals surface area contributed by atoms with E-state index < -0.39 is 0 Å². The molecule has 24 heavy (non-hydrogen) atoms. The van der Waals surface area contributed by atoms with Gasteiger partial charge in [0.05, 0.1) is 13.2 Å². The van der Waals surface area contributed by atoms with Crippen LogP contribution in [0.4, 0.5) is 0 Å². The molecule has 132 valence electrons. The van der Waals surface area contributed by atoms with E-state index in [0.717, 1.165) is 11.8 Å². The predicted molar refractivity (Wildman–Crippen MR) is 91.0 cm³/mol. The zero-order valence-electron chi connectivity index (χ0n) is 14.8. The first-order valence-corrected chi connectivity index (χ1v) is 9.05. The van der Waals surface area contributed by atoms with Gasteiger partial charge < -0.3 is 9.47 Å². The fraction of sp³-hybridized carbons (Fsp3) is 0.700. The van der Waals surface area contributed by atoms with Crippen LogP contribution in [-0.2, 0) is 19.1 Å². The molecule has 0 N–H and O–H groups in total. The molecular weight excluding hydrogens is 304 g/mol. The topological polar surface area (TPSA) is 52.6 Å². The first kappa shape index (κ1) is 17.2. The molecule has 0 heterocycles. The molecule has 0 radical (unpaired) electrons. The molecule has 6 unspecified atom stereocenters. The van der Waals surface area contributed by atoms with E-state index >= 15 is 0 Å². The molecule has 3 saturated carbocycles. The van der Waals surface area contributed by atoms with Gasteiger partial charge in [0.1, 0.15) is 0 Å². The van der Waals surface area contributed by atoms with E-state index in [1.807, 2.05) is 0 Å². The molecule has 0 aromatic carbocycles. The molecule has 3 fully saturated rings. The van der Waals surface area contributed by atoms with Crippen LogP contribution in [0.3, 0.4) is 0 Å². The maximum Gasteiger partial charge on any atom is 0.333 e. The number of carbonyl (C=O) groups excluding carboxylic acids is 2. The van der Waals surface area contributed by atoms with Crippen LogP contribution in [0.5, 0.6) is 0 Å². The summed E-state index contributed by atoms with van der Waals surface area (Å²) in [6.45, 7) is 11.5. The van der Waals surface area contributed by atoms with Crippen LogP contribution < -0.4 is 0 Å². The van der Waals surface area contributed by atoms with Crippen molar-refractivity contribution >= 4 is 11.9 Å². The van der Waals surface area contributed by atoms with Gasteiger partial charge in [0.15, 0.2) is 0 Å². The summed E-state index contributed by atoms with van der Waals surface area (Å²) in [4.78, 5) is 23.6. The Kier molecular flexibility index (Phi) is 4.84. The van der Waals surface area contributed by atoms with Gasteiger partial charge in [0.2, 0.25) is 0 Å². The van der Waals surface area contributed by atoms with Gasteiger partial charge in [-0.15, -0.1) is 0 Å². The minimum Gasteiger partial charge on any atom is -0.462 e. The van der Waals surface area contributed by atoms with Crippen molar-refractivity contribution < 1.29 is 19.1 Å². The van der Waals surface area contributed by atoms with E-state index in [1.165, 1.54) is 25.7 Å². The predicted octanol–water partition coefficient (Wildman–Crippen LogP) is 3.52. The molecule has 3 rings (SSSR count). The summed E-state index contributed by atoms with van der Waals surface area (Å²) in [6, 6.07) is 0. The molecule has 4 heteroatoms. The van der Waals surface area contributed by atoms with Crippen LogP contribution in [0.15, 0.2) is 24.3 Å². The summed E-state index contributed by atoms with van der Waals surface area (Å²) in [7, 11) is 0. The summed E-state index contributed by atoms with van der Waals surface area (Å²) >= 11 is 0. The number of hydrogen-bond acceptors (Lipinski definition) is 4. The number of carbonyl (C=O) groups is 2. The van der Waals surface area contributed by atoms with Crippen molar-refractivity contribution in [1.29, 1.82) is 0 Å². The van der Waals surface area contributed by atoms with E-state index in [1.54, 1.807) is 13.8 Å². The molecule has 6 atom stereocenters. The van der Waals surface area contributed by atoms with Crippen LogP contribution in [0, 0.1) is 35.5 Å². The van der Waals surface area contributed by atoms with Crippen molar-refractivity contribution in [2.75, 3.05) is 13.2 Å². The van der Waals surface area contributed by atoms with Gasteiger partial charge in [-0.3, -0.25) is 0 Å². The van der Waals surface area contributed by atoms with Crippen LogP contribution in [-0.4, -0.2) is 25.2 Å². The third kappa shape index (κ3) is 3.03. The second kappa shape index (κ2) is 6.73. The third-order valence-corrected chi connectivity index (χ3v) is 6.43. The minimum atomic E-state index is -0.321. The Bertz CT molecular complexity index is 516. The van der Waals surface area contributed by atoms with E-state index in [4.69, 9.17) is 9.47 Å². The Morgan fingerprint density at radius 1 is 0.833 bits per heavy atom. The molecule has 3 aliphatic carbocycles. The minimum absolute atomic E-state index is 0.301. The van der Waals surface area contributed by atoms with Gasteiger partial charge in [-0.05, 0) is 56.8 Å². The SMILES string of the molecule is C=C(C)C(=O)OCC1C(COC(=O)C(=C)C)C2CC1C1CCCC12. The van der Waals surface area contributed by atoms with Crippen molar-refractivity contribution in [2.24, 2.45) is 35.5 Å². The van der Waals surface area contributed by atoms with Gasteiger partial charge in [-0.2, -0.15) is 0 Å². The van der Waals surface area contributed by atoms with Crippen LogP contribution in [0.25, 0.3) is 0 Å². The second-order valence-electron chi connectivity index (χ2n) is 7.91. The fourth-order valence-electron chi connectivity index (χ4n) is 5.45. The van der Waals surface area contributed by atoms with Crippen molar-refractivity contribution in [3.63, 3.8) is 0 Å². The molecule has 0 spiro atoms. The van der Waals surface area contributed by atoms with Crippen molar-refractivity contribution in [3.8, 4) is 0 Å². The number of fused-ring (bicyclic) bond motifs is 5. The summed E-state index contributed by atoms with van der Waals surface area (Å²) < 4.78 is 11.0. The van der Waals surface area contributed by atoms with Crippen LogP contribution >= 0.6 is 0 Å². The lowest BCUT2D eigenvalue weighted by Crippen LogP contribution is -2.38. The number of hydrogen-bond donors (Lipinski definition) is 0. The molecule has 0 aliphatic heterocycles. The maximum atomic E-state index is 11.8. The van der Waals surface area contributed by atoms with Crippen molar-refractivity contribution in [3.05, 3.63) is 24.3 Å². The summed E-state index contributed by atoms with van der Waals surface area (Å²) in [6.07, 6.45) is 5.10. The highest BCUT2D eigenvalue weighted by molar-refractivity contribution is 5.87. The standard InChI is InChI=1S/C20H28O4/c1-11(2)19(21)23-9-17-15-8-16(14-7-5-6-13(14)15)18(17)10-24-20(22)12(3)4/h13-18H,1,3,5-10H2,2,4H3. The van der Waals surface area contributed by atoms with Crippen molar-refractivity contribution in [2.45, 2.75) is 39.5 Å². The van der Waals surface area contributed by atoms with Gasteiger partial charge >= 0.3 is 11.9 Å². The smallest absolute Gasteiger partial charge is 0.333 e. The average molecular weight is 332 g/mol. The Hall–Kier alpha value is -1.58. The summed E-state index contributed by atoms with van der Waals surface area (Å²) in [5.74, 6) is 2.72. The highest BCUT2D eigenvalue weighted by Gasteiger charge is 2.59. The second-order valence-corrected chi connectivity index (χ2v) is 7.91. The fourth-order valence-corrected chi connectivity index (χ4v) is 5.45. The van der Waals surface area contributed by atoms with Gasteiger partial charge in [-0.25, -0.2) is 9.59 Å². The number of esters is 2. The van der Waals surface area contributed by atoms with E-state index in [9.17, 15) is 9.59 Å². The maximum absolute atomic E-state index is 11.8. The van der Waals surface area contributed by atoms with E-state index in [0.29, 0.717) is 48.0 Å². The third-order valence-electron chi connectivity index (χ3n) is 6.43. The number of rotatable bonds is 6. The Morgan fingerprint density at radius 2 is 1.25 bits per heavy atom.